The van der Waals surface area contributed by atoms with Crippen LogP contribution in [-0.4, -0.2) is 0 Å². The van der Waals surface area contributed by atoms with Gasteiger partial charge in [-0.05, 0) is 0 Å². The molecule has 1 radical (unpaired) electrons. The van der Waals surface area contributed by atoms with Gasteiger partial charge in [-0.15, -0.1) is 74.4 Å². The summed E-state index contributed by atoms with van der Waals surface area (Å²) in [7, 11) is 0. The van der Waals surface area contributed by atoms with E-state index in [9.17, 15) is 0 Å². The second-order valence-corrected chi connectivity index (χ2v) is 0. The molecule has 0 N–H and O–H groups in total. The minimum Gasteiger partial charge on any atom is -0.147 e. The Bertz CT molecular complexity index is 4.14. The fourth-order valence-electron chi connectivity index (χ4n) is 0. The molecule has 0 unspecified atom stereocenters. The molecule has 0 atom stereocenters. The summed E-state index contributed by atoms with van der Waals surface area (Å²) in [4.78, 5) is 0. The van der Waals surface area contributed by atoms with Crippen molar-refractivity contribution in [2.75, 3.05) is 0 Å². The molecule has 0 aliphatic rings. The smallest absolute Gasteiger partial charge is 0.147 e. The van der Waals surface area contributed by atoms with E-state index in [4.69, 9.17) is 0 Å². The summed E-state index contributed by atoms with van der Waals surface area (Å²) in [6, 6.07) is 0. The van der Waals surface area contributed by atoms with Gasteiger partial charge in [0, 0.05) is 0 Å². The van der Waals surface area contributed by atoms with Crippen LogP contribution in [0, 0.1) is 0 Å². The molecular weight excluding hydrogens is 314 g/mol. The Balaban J connectivity index is 0. The van der Waals surface area contributed by atoms with E-state index >= 15 is 0 Å². The Kier molecular flexibility index (Phi) is 1360. The number of halogens is 6. The van der Waals surface area contributed by atoms with Gasteiger partial charge in [-0.3, -0.25) is 0 Å². The molecule has 0 bridgehead atoms. The summed E-state index contributed by atoms with van der Waals surface area (Å²) in [5.74, 6) is 0. The van der Waals surface area contributed by atoms with Gasteiger partial charge in [-0.25, -0.2) is 0 Å². The van der Waals surface area contributed by atoms with Crippen LogP contribution in [0.5, 0.6) is 0 Å². The third-order valence-corrected chi connectivity index (χ3v) is 0. The van der Waals surface area contributed by atoms with Gasteiger partial charge in [-0.1, -0.05) is 0 Å². The normalized spacial score (nSPS) is 0. The predicted octanol–water partition coefficient (Wildman–Crippen LogP) is 2.53. The monoisotopic (exact) mass is 318 g/mol. The van der Waals surface area contributed by atoms with Crippen molar-refractivity contribution in [3.8, 4) is 0 Å². The molecule has 0 spiro atoms. The van der Waals surface area contributed by atoms with Crippen LogP contribution in [-0.2, 0) is 19.5 Å². The first-order chi connectivity index (χ1) is 0. The average molecular weight is 320 g/mol. The van der Waals surface area contributed by atoms with Crippen molar-refractivity contribution in [2.24, 2.45) is 0 Å². The Hall–Kier alpha value is 2.36. The maximum Gasteiger partial charge on any atom is 3.00 e. The van der Waals surface area contributed by atoms with Gasteiger partial charge in [0.25, 0.3) is 0 Å². The molecule has 53 valence electrons. The van der Waals surface area contributed by atoms with E-state index in [1.165, 1.54) is 0 Å². The minimum atomic E-state index is 0. The van der Waals surface area contributed by atoms with Crippen LogP contribution < -0.4 is 0 Å². The summed E-state index contributed by atoms with van der Waals surface area (Å²) in [6.07, 6.45) is 0. The topological polar surface area (TPSA) is 0 Å². The second-order valence-electron chi connectivity index (χ2n) is 0. The van der Waals surface area contributed by atoms with Gasteiger partial charge in [0.1, 0.15) is 0 Å². The van der Waals surface area contributed by atoms with Crippen LogP contribution in [0.3, 0.4) is 0 Å². The Morgan fingerprint density at radius 2 is 0.286 bits per heavy atom. The molecule has 0 amide bonds. The van der Waals surface area contributed by atoms with Crippen LogP contribution >= 0.6 is 74.4 Å². The third-order valence-electron chi connectivity index (χ3n) is 0. The molecule has 0 saturated heterocycles. The van der Waals surface area contributed by atoms with E-state index in [0.717, 1.165) is 0 Å². The first-order valence-corrected chi connectivity index (χ1v) is 0. The average Bonchev–Trinajstić information content (AvgIpc) is 0. The summed E-state index contributed by atoms with van der Waals surface area (Å²) in [6.45, 7) is 0. The molecule has 0 fully saturated rings. The van der Waals surface area contributed by atoms with Gasteiger partial charge in [0.15, 0.2) is 0 Å². The van der Waals surface area contributed by atoms with Gasteiger partial charge in [-0.2, -0.15) is 0 Å². The van der Waals surface area contributed by atoms with Gasteiger partial charge < -0.3 is 0 Å². The minimum absolute atomic E-state index is 0. The van der Waals surface area contributed by atoms with Crippen molar-refractivity contribution in [3.63, 3.8) is 0 Å². The Morgan fingerprint density at radius 3 is 0.286 bits per heavy atom. The van der Waals surface area contributed by atoms with Crippen molar-refractivity contribution in [1.82, 2.24) is 0 Å². The summed E-state index contributed by atoms with van der Waals surface area (Å²) < 4.78 is 0. The first-order valence-electron chi connectivity index (χ1n) is 0. The van der Waals surface area contributed by atoms with E-state index in [-0.39, 0.29) is 93.9 Å². The zero-order valence-electron chi connectivity index (χ0n) is 2.80. The molecule has 0 rings (SSSR count). The van der Waals surface area contributed by atoms with E-state index in [2.05, 4.69) is 0 Å². The van der Waals surface area contributed by atoms with E-state index in [1.54, 1.807) is 0 Å². The quantitative estimate of drug-likeness (QED) is 0.602. The molecule has 0 aromatic carbocycles. The van der Waals surface area contributed by atoms with Crippen molar-refractivity contribution >= 4 is 74.4 Å². The van der Waals surface area contributed by atoms with Crippen molar-refractivity contribution < 1.29 is 19.5 Å². The van der Waals surface area contributed by atoms with Crippen molar-refractivity contribution in [1.29, 1.82) is 0 Å². The van der Waals surface area contributed by atoms with Crippen molar-refractivity contribution in [2.45, 2.75) is 0 Å². The molecule has 0 aromatic heterocycles. The van der Waals surface area contributed by atoms with Gasteiger partial charge >= 0.3 is 19.5 Å². The largest absolute Gasteiger partial charge is 3.00 e. The maximum absolute atomic E-state index is 0. The maximum atomic E-state index is 0. The number of rotatable bonds is 0. The number of hydrogen-bond acceptors (Lipinski definition) is 0. The van der Waals surface area contributed by atoms with Gasteiger partial charge in [0.05, 0.1) is 0 Å². The summed E-state index contributed by atoms with van der Waals surface area (Å²) in [5, 5.41) is 0. The van der Waals surface area contributed by atoms with E-state index in [0.29, 0.717) is 0 Å². The first kappa shape index (κ1) is 117. The van der Waals surface area contributed by atoms with Crippen LogP contribution in [0.4, 0.5) is 0 Å². The predicted molar refractivity (Wildman–Crippen MR) is 43.5 cm³/mol. The third kappa shape index (κ3) is 60.6. The number of hydrogen-bond donors (Lipinski definition) is 0. The van der Waals surface area contributed by atoms with Crippen LogP contribution in [0.2, 0.25) is 0 Å². The fraction of sp³-hybridized carbons (Fsp3) is 0. The van der Waals surface area contributed by atoms with Crippen molar-refractivity contribution in [3.05, 3.63) is 0 Å². The SMILES string of the molecule is Cl.Cl.Cl.Cl.Cl.Cl.[Ru+3]. The molecule has 0 aliphatic heterocycles. The van der Waals surface area contributed by atoms with Crippen LogP contribution in [0.1, 0.15) is 0 Å². The molecule has 0 saturated carbocycles. The summed E-state index contributed by atoms with van der Waals surface area (Å²) in [5.41, 5.74) is 0. The van der Waals surface area contributed by atoms with E-state index in [1.807, 2.05) is 0 Å². The molecule has 0 heterocycles. The standard InChI is InChI=1S/6ClH.Ru/h6*1H;/q;;;;;;+3. The second kappa shape index (κ2) is 81.2. The molecule has 0 aliphatic carbocycles. The Labute approximate surface area is 93.2 Å². The molecule has 0 aromatic rings. The van der Waals surface area contributed by atoms with Crippen LogP contribution in [0.25, 0.3) is 0 Å². The molecule has 7 heavy (non-hydrogen) atoms. The molecule has 7 heteroatoms. The molecule has 0 nitrogen and oxygen atoms in total. The fourth-order valence-corrected chi connectivity index (χ4v) is 0. The van der Waals surface area contributed by atoms with Crippen LogP contribution in [0.15, 0.2) is 0 Å². The van der Waals surface area contributed by atoms with Gasteiger partial charge in [0.2, 0.25) is 0 Å². The zero-order chi connectivity index (χ0) is 0. The molecular formula is H6Cl6Ru+3. The Morgan fingerprint density at radius 1 is 0.286 bits per heavy atom. The summed E-state index contributed by atoms with van der Waals surface area (Å²) >= 11 is 0. The zero-order valence-corrected chi connectivity index (χ0v) is 9.44. The van der Waals surface area contributed by atoms with E-state index < -0.39 is 0 Å².